The van der Waals surface area contributed by atoms with E-state index in [0.29, 0.717) is 6.61 Å². The lowest BCUT2D eigenvalue weighted by Crippen LogP contribution is -2.39. The first-order chi connectivity index (χ1) is 12.6. The van der Waals surface area contributed by atoms with Crippen LogP contribution in [0.4, 0.5) is 5.69 Å². The maximum Gasteiger partial charge on any atom is 0.227 e. The monoisotopic (exact) mass is 352 g/mol. The summed E-state index contributed by atoms with van der Waals surface area (Å²) < 4.78 is 5.90. The molecule has 1 aliphatic heterocycles. The Morgan fingerprint density at radius 2 is 1.73 bits per heavy atom. The minimum absolute atomic E-state index is 0.104. The van der Waals surface area contributed by atoms with Gasteiger partial charge in [0.2, 0.25) is 5.91 Å². The third-order valence-corrected chi connectivity index (χ3v) is 4.87. The number of hydrogen-bond donors (Lipinski definition) is 1. The zero-order chi connectivity index (χ0) is 18.4. The lowest BCUT2D eigenvalue weighted by molar-refractivity contribution is -0.121. The molecule has 1 fully saturated rings. The molecular formula is C22H28N2O2. The van der Waals surface area contributed by atoms with Gasteiger partial charge in [0.1, 0.15) is 12.4 Å². The summed E-state index contributed by atoms with van der Waals surface area (Å²) in [6, 6.07) is 16.0. The smallest absolute Gasteiger partial charge is 0.227 e. The molecule has 0 unspecified atom stereocenters. The van der Waals surface area contributed by atoms with E-state index < -0.39 is 0 Å². The van der Waals surface area contributed by atoms with E-state index in [1.807, 2.05) is 30.3 Å². The van der Waals surface area contributed by atoms with Crippen molar-refractivity contribution in [1.82, 2.24) is 4.90 Å². The van der Waals surface area contributed by atoms with E-state index in [4.69, 9.17) is 4.74 Å². The fraction of sp³-hybridized carbons (Fsp3) is 0.409. The number of likely N-dealkylation sites (tertiary alicyclic amines) is 1. The van der Waals surface area contributed by atoms with Gasteiger partial charge in [0, 0.05) is 18.2 Å². The van der Waals surface area contributed by atoms with Gasteiger partial charge in [0.25, 0.3) is 0 Å². The molecule has 0 aliphatic carbocycles. The van der Waals surface area contributed by atoms with Gasteiger partial charge in [-0.25, -0.2) is 0 Å². The van der Waals surface area contributed by atoms with Crippen LogP contribution >= 0.6 is 0 Å². The molecule has 4 heteroatoms. The SMILES string of the molecule is Cc1cc(C)cc(OCCN2CCC(C(=O)Nc3ccccc3)CC2)c1. The maximum absolute atomic E-state index is 12.4. The number of piperidine rings is 1. The molecule has 1 amide bonds. The fourth-order valence-corrected chi connectivity index (χ4v) is 3.49. The second-order valence-corrected chi connectivity index (χ2v) is 7.14. The Balaban J connectivity index is 1.39. The number of anilines is 1. The molecule has 26 heavy (non-hydrogen) atoms. The Labute approximate surface area is 156 Å². The zero-order valence-corrected chi connectivity index (χ0v) is 15.7. The Kier molecular flexibility index (Phi) is 6.29. The van der Waals surface area contributed by atoms with Crippen LogP contribution in [0.15, 0.2) is 48.5 Å². The third kappa shape index (κ3) is 5.33. The molecule has 1 heterocycles. The van der Waals surface area contributed by atoms with Gasteiger partial charge in [-0.05, 0) is 75.2 Å². The summed E-state index contributed by atoms with van der Waals surface area (Å²) in [6.45, 7) is 7.66. The van der Waals surface area contributed by atoms with Crippen LogP contribution in [0.3, 0.4) is 0 Å². The van der Waals surface area contributed by atoms with E-state index in [1.165, 1.54) is 11.1 Å². The maximum atomic E-state index is 12.4. The van der Waals surface area contributed by atoms with Crippen molar-refractivity contribution < 1.29 is 9.53 Å². The second kappa shape index (κ2) is 8.86. The van der Waals surface area contributed by atoms with E-state index in [0.717, 1.165) is 43.9 Å². The summed E-state index contributed by atoms with van der Waals surface area (Å²) in [5.41, 5.74) is 3.33. The van der Waals surface area contributed by atoms with Crippen LogP contribution in [0.25, 0.3) is 0 Å². The number of benzene rings is 2. The summed E-state index contributed by atoms with van der Waals surface area (Å²) in [7, 11) is 0. The van der Waals surface area contributed by atoms with E-state index in [9.17, 15) is 4.79 Å². The largest absolute Gasteiger partial charge is 0.492 e. The summed E-state index contributed by atoms with van der Waals surface area (Å²) in [6.07, 6.45) is 1.81. The van der Waals surface area contributed by atoms with Crippen LogP contribution in [0.5, 0.6) is 5.75 Å². The number of hydrogen-bond acceptors (Lipinski definition) is 3. The van der Waals surface area contributed by atoms with Crippen LogP contribution in [0, 0.1) is 19.8 Å². The zero-order valence-electron chi connectivity index (χ0n) is 15.7. The van der Waals surface area contributed by atoms with Crippen molar-refractivity contribution in [1.29, 1.82) is 0 Å². The van der Waals surface area contributed by atoms with E-state index in [2.05, 4.69) is 42.3 Å². The van der Waals surface area contributed by atoms with Crippen LogP contribution in [-0.2, 0) is 4.79 Å². The van der Waals surface area contributed by atoms with Crippen molar-refractivity contribution in [3.05, 3.63) is 59.7 Å². The van der Waals surface area contributed by atoms with Crippen LogP contribution in [0.2, 0.25) is 0 Å². The Bertz CT molecular complexity index is 702. The molecule has 0 saturated carbocycles. The van der Waals surface area contributed by atoms with Gasteiger partial charge in [-0.1, -0.05) is 24.3 Å². The van der Waals surface area contributed by atoms with Crippen molar-refractivity contribution in [2.75, 3.05) is 31.6 Å². The van der Waals surface area contributed by atoms with Crippen LogP contribution in [0.1, 0.15) is 24.0 Å². The Morgan fingerprint density at radius 3 is 2.38 bits per heavy atom. The van der Waals surface area contributed by atoms with Gasteiger partial charge in [-0.15, -0.1) is 0 Å². The topological polar surface area (TPSA) is 41.6 Å². The molecule has 4 nitrogen and oxygen atoms in total. The molecule has 0 aromatic heterocycles. The van der Waals surface area contributed by atoms with E-state index in [1.54, 1.807) is 0 Å². The van der Waals surface area contributed by atoms with Crippen molar-refractivity contribution >= 4 is 11.6 Å². The highest BCUT2D eigenvalue weighted by Crippen LogP contribution is 2.20. The standard InChI is InChI=1S/C22H28N2O2/c1-17-14-18(2)16-21(15-17)26-13-12-24-10-8-19(9-11-24)22(25)23-20-6-4-3-5-7-20/h3-7,14-16,19H,8-13H2,1-2H3,(H,23,25). The molecule has 2 aromatic rings. The molecule has 1 N–H and O–H groups in total. The first-order valence-electron chi connectivity index (χ1n) is 9.39. The number of amides is 1. The number of ether oxygens (including phenoxy) is 1. The first-order valence-corrected chi connectivity index (χ1v) is 9.39. The number of rotatable bonds is 6. The molecule has 2 aromatic carbocycles. The highest BCUT2D eigenvalue weighted by molar-refractivity contribution is 5.92. The first kappa shape index (κ1) is 18.5. The van der Waals surface area contributed by atoms with E-state index >= 15 is 0 Å². The van der Waals surface area contributed by atoms with Gasteiger partial charge in [-0.3, -0.25) is 9.69 Å². The molecular weight excluding hydrogens is 324 g/mol. The predicted octanol–water partition coefficient (Wildman–Crippen LogP) is 4.03. The molecule has 0 spiro atoms. The third-order valence-electron chi connectivity index (χ3n) is 4.87. The molecule has 0 bridgehead atoms. The highest BCUT2D eigenvalue weighted by atomic mass is 16.5. The number of nitrogens with one attached hydrogen (secondary N) is 1. The molecule has 138 valence electrons. The van der Waals surface area contributed by atoms with Crippen LogP contribution < -0.4 is 10.1 Å². The Morgan fingerprint density at radius 1 is 1.08 bits per heavy atom. The molecule has 1 aliphatic rings. The minimum Gasteiger partial charge on any atom is -0.492 e. The van der Waals surface area contributed by atoms with Crippen molar-refractivity contribution in [2.45, 2.75) is 26.7 Å². The van der Waals surface area contributed by atoms with Crippen LogP contribution in [-0.4, -0.2) is 37.0 Å². The summed E-state index contributed by atoms with van der Waals surface area (Å²) in [5.74, 6) is 1.19. The van der Waals surface area contributed by atoms with Gasteiger partial charge < -0.3 is 10.1 Å². The number of para-hydroxylation sites is 1. The normalized spacial score (nSPS) is 15.6. The number of carbonyl (C=O) groups excluding carboxylic acids is 1. The minimum atomic E-state index is 0.104. The molecule has 0 atom stereocenters. The average Bonchev–Trinajstić information content (AvgIpc) is 2.62. The van der Waals surface area contributed by atoms with Crippen molar-refractivity contribution in [2.24, 2.45) is 5.92 Å². The van der Waals surface area contributed by atoms with Crippen molar-refractivity contribution in [3.8, 4) is 5.75 Å². The highest BCUT2D eigenvalue weighted by Gasteiger charge is 2.24. The summed E-state index contributed by atoms with van der Waals surface area (Å²) in [5, 5.41) is 3.02. The van der Waals surface area contributed by atoms with Crippen molar-refractivity contribution in [3.63, 3.8) is 0 Å². The molecule has 0 radical (unpaired) electrons. The van der Waals surface area contributed by atoms with Gasteiger partial charge in [0.15, 0.2) is 0 Å². The average molecular weight is 352 g/mol. The van der Waals surface area contributed by atoms with Gasteiger partial charge in [-0.2, -0.15) is 0 Å². The molecule has 1 saturated heterocycles. The predicted molar refractivity (Wildman–Crippen MR) is 106 cm³/mol. The lowest BCUT2D eigenvalue weighted by atomic mass is 9.96. The number of carbonyl (C=O) groups is 1. The summed E-state index contributed by atoms with van der Waals surface area (Å²) >= 11 is 0. The Hall–Kier alpha value is -2.33. The quantitative estimate of drug-likeness (QED) is 0.853. The van der Waals surface area contributed by atoms with E-state index in [-0.39, 0.29) is 11.8 Å². The van der Waals surface area contributed by atoms with Gasteiger partial charge >= 0.3 is 0 Å². The van der Waals surface area contributed by atoms with Gasteiger partial charge in [0.05, 0.1) is 0 Å². The second-order valence-electron chi connectivity index (χ2n) is 7.14. The number of aryl methyl sites for hydroxylation is 2. The fourth-order valence-electron chi connectivity index (χ4n) is 3.49. The molecule has 3 rings (SSSR count). The summed E-state index contributed by atoms with van der Waals surface area (Å²) in [4.78, 5) is 14.8. The number of nitrogens with zero attached hydrogens (tertiary/aromatic N) is 1. The lowest BCUT2D eigenvalue weighted by Gasteiger charge is -2.31.